The Labute approximate surface area is 190 Å². The summed E-state index contributed by atoms with van der Waals surface area (Å²) in [6.07, 6.45) is 2.41. The summed E-state index contributed by atoms with van der Waals surface area (Å²) in [5.41, 5.74) is 0.350. The van der Waals surface area contributed by atoms with Gasteiger partial charge in [0, 0.05) is 23.0 Å². The predicted octanol–water partition coefficient (Wildman–Crippen LogP) is 3.97. The fourth-order valence-electron chi connectivity index (χ4n) is 4.83. The molecule has 2 aromatic carbocycles. The first-order chi connectivity index (χ1) is 15.3. The molecule has 0 spiro atoms. The van der Waals surface area contributed by atoms with Crippen LogP contribution >= 0.6 is 11.6 Å². The van der Waals surface area contributed by atoms with Crippen LogP contribution < -0.4 is 4.90 Å². The molecule has 0 radical (unpaired) electrons. The van der Waals surface area contributed by atoms with Gasteiger partial charge >= 0.3 is 0 Å². The van der Waals surface area contributed by atoms with Crippen LogP contribution in [0.4, 0.5) is 10.1 Å². The van der Waals surface area contributed by atoms with E-state index < -0.39 is 11.5 Å². The second-order valence-corrected chi connectivity index (χ2v) is 9.21. The standard InChI is InChI=1S/C24H23ClFN3O3/c1-24-12-11-21(30)29(24)20-8-3-2-5-16(20)23(32)28(24)14-22(31)27(15-9-10-15)13-17-18(25)6-4-7-19(17)26/h2-8,15H,9-14H2,1H3. The van der Waals surface area contributed by atoms with Crippen LogP contribution in [0, 0.1) is 5.82 Å². The summed E-state index contributed by atoms with van der Waals surface area (Å²) < 4.78 is 14.4. The number of hydrogen-bond donors (Lipinski definition) is 0. The van der Waals surface area contributed by atoms with Gasteiger partial charge in [-0.3, -0.25) is 19.3 Å². The minimum atomic E-state index is -0.914. The number of fused-ring (bicyclic) bond motifs is 3. The van der Waals surface area contributed by atoms with E-state index >= 15 is 0 Å². The van der Waals surface area contributed by atoms with Gasteiger partial charge in [-0.2, -0.15) is 0 Å². The predicted molar refractivity (Wildman–Crippen MR) is 118 cm³/mol. The van der Waals surface area contributed by atoms with E-state index in [0.29, 0.717) is 24.1 Å². The Balaban J connectivity index is 1.46. The third kappa shape index (κ3) is 3.26. The number of carbonyl (C=O) groups is 3. The van der Waals surface area contributed by atoms with Crippen LogP contribution in [-0.4, -0.2) is 45.8 Å². The van der Waals surface area contributed by atoms with E-state index in [-0.39, 0.29) is 47.4 Å². The third-order valence-electron chi connectivity index (χ3n) is 6.74. The highest BCUT2D eigenvalue weighted by Gasteiger charge is 2.53. The topological polar surface area (TPSA) is 60.9 Å². The molecule has 32 heavy (non-hydrogen) atoms. The number of nitrogens with zero attached hydrogens (tertiary/aromatic N) is 3. The molecule has 0 aromatic heterocycles. The van der Waals surface area contributed by atoms with E-state index in [1.807, 2.05) is 6.92 Å². The molecule has 1 aliphatic carbocycles. The van der Waals surface area contributed by atoms with Gasteiger partial charge in [0.25, 0.3) is 5.91 Å². The van der Waals surface area contributed by atoms with Crippen LogP contribution in [-0.2, 0) is 16.1 Å². The van der Waals surface area contributed by atoms with Crippen LogP contribution in [0.25, 0.3) is 0 Å². The maximum Gasteiger partial charge on any atom is 0.258 e. The van der Waals surface area contributed by atoms with Crippen LogP contribution in [0.5, 0.6) is 0 Å². The number of carbonyl (C=O) groups excluding carboxylic acids is 3. The first kappa shape index (κ1) is 20.9. The number of anilines is 1. The first-order valence-electron chi connectivity index (χ1n) is 10.8. The summed E-state index contributed by atoms with van der Waals surface area (Å²) in [4.78, 5) is 44.3. The summed E-state index contributed by atoms with van der Waals surface area (Å²) in [6.45, 7) is 1.69. The van der Waals surface area contributed by atoms with Crippen molar-refractivity contribution in [2.24, 2.45) is 0 Å². The van der Waals surface area contributed by atoms with E-state index in [1.54, 1.807) is 40.1 Å². The summed E-state index contributed by atoms with van der Waals surface area (Å²) in [6, 6.07) is 11.4. The average Bonchev–Trinajstić information content (AvgIpc) is 3.55. The van der Waals surface area contributed by atoms with Crippen molar-refractivity contribution in [1.29, 1.82) is 0 Å². The van der Waals surface area contributed by atoms with Gasteiger partial charge in [-0.05, 0) is 50.5 Å². The van der Waals surface area contributed by atoms with E-state index in [1.165, 1.54) is 17.0 Å². The Bertz CT molecular complexity index is 1110. The Morgan fingerprint density at radius 3 is 2.66 bits per heavy atom. The largest absolute Gasteiger partial charge is 0.334 e. The number of benzene rings is 2. The lowest BCUT2D eigenvalue weighted by atomic mass is 9.98. The molecule has 0 bridgehead atoms. The number of amides is 3. The van der Waals surface area contributed by atoms with Crippen molar-refractivity contribution >= 4 is 35.0 Å². The van der Waals surface area contributed by atoms with Crippen LogP contribution in [0.2, 0.25) is 5.02 Å². The molecule has 166 valence electrons. The van der Waals surface area contributed by atoms with Crippen molar-refractivity contribution < 1.29 is 18.8 Å². The SMILES string of the molecule is CC12CCC(=O)N1c1ccccc1C(=O)N2CC(=O)N(Cc1c(F)cccc1Cl)C1CC1. The third-order valence-corrected chi connectivity index (χ3v) is 7.09. The molecule has 0 N–H and O–H groups in total. The molecule has 1 saturated carbocycles. The lowest BCUT2D eigenvalue weighted by Gasteiger charge is -2.48. The lowest BCUT2D eigenvalue weighted by molar-refractivity contribution is -0.134. The number of hydrogen-bond acceptors (Lipinski definition) is 3. The van der Waals surface area contributed by atoms with Crippen molar-refractivity contribution in [3.05, 3.63) is 64.4 Å². The van der Waals surface area contributed by atoms with Gasteiger partial charge in [-0.15, -0.1) is 0 Å². The monoisotopic (exact) mass is 455 g/mol. The molecule has 5 rings (SSSR count). The molecule has 2 aromatic rings. The Kier molecular flexibility index (Phi) is 4.97. The average molecular weight is 456 g/mol. The Morgan fingerprint density at radius 2 is 1.94 bits per heavy atom. The van der Waals surface area contributed by atoms with Gasteiger partial charge < -0.3 is 9.80 Å². The summed E-state index contributed by atoms with van der Waals surface area (Å²) in [7, 11) is 0. The van der Waals surface area contributed by atoms with Gasteiger partial charge in [-0.1, -0.05) is 29.8 Å². The molecular weight excluding hydrogens is 433 g/mol. The maximum atomic E-state index is 14.4. The number of para-hydroxylation sites is 1. The molecule has 2 aliphatic heterocycles. The maximum absolute atomic E-state index is 14.4. The molecule has 1 unspecified atom stereocenters. The quantitative estimate of drug-likeness (QED) is 0.685. The molecule has 2 fully saturated rings. The van der Waals surface area contributed by atoms with Gasteiger partial charge in [0.1, 0.15) is 18.0 Å². The molecule has 1 saturated heterocycles. The normalized spacial score (nSPS) is 22.1. The highest BCUT2D eigenvalue weighted by atomic mass is 35.5. The van der Waals surface area contributed by atoms with Crippen molar-refractivity contribution in [3.8, 4) is 0 Å². The van der Waals surface area contributed by atoms with Crippen LogP contribution in [0.15, 0.2) is 42.5 Å². The zero-order chi connectivity index (χ0) is 22.6. The van der Waals surface area contributed by atoms with Gasteiger partial charge in [0.05, 0.1) is 17.8 Å². The van der Waals surface area contributed by atoms with E-state index in [0.717, 1.165) is 12.8 Å². The number of rotatable bonds is 5. The molecule has 6 nitrogen and oxygen atoms in total. The summed E-state index contributed by atoms with van der Waals surface area (Å²) >= 11 is 6.20. The second kappa shape index (κ2) is 7.59. The minimum Gasteiger partial charge on any atom is -0.334 e. The molecule has 3 amide bonds. The smallest absolute Gasteiger partial charge is 0.258 e. The highest BCUT2D eigenvalue weighted by molar-refractivity contribution is 6.31. The summed E-state index contributed by atoms with van der Waals surface area (Å²) in [5, 5.41) is 0.269. The van der Waals surface area contributed by atoms with Gasteiger partial charge in [-0.25, -0.2) is 4.39 Å². The van der Waals surface area contributed by atoms with E-state index in [9.17, 15) is 18.8 Å². The zero-order valence-electron chi connectivity index (χ0n) is 17.7. The molecule has 2 heterocycles. The molecular formula is C24H23ClFN3O3. The van der Waals surface area contributed by atoms with Crippen molar-refractivity contribution in [2.75, 3.05) is 11.4 Å². The van der Waals surface area contributed by atoms with E-state index in [2.05, 4.69) is 0 Å². The number of halogens is 2. The fourth-order valence-corrected chi connectivity index (χ4v) is 5.05. The van der Waals surface area contributed by atoms with Gasteiger partial charge in [0.15, 0.2) is 0 Å². The highest BCUT2D eigenvalue weighted by Crippen LogP contribution is 2.44. The van der Waals surface area contributed by atoms with Crippen LogP contribution in [0.1, 0.15) is 48.5 Å². The Morgan fingerprint density at radius 1 is 1.19 bits per heavy atom. The van der Waals surface area contributed by atoms with Crippen LogP contribution in [0.3, 0.4) is 0 Å². The molecule has 8 heteroatoms. The molecule has 1 atom stereocenters. The van der Waals surface area contributed by atoms with Crippen molar-refractivity contribution in [3.63, 3.8) is 0 Å². The molecule has 3 aliphatic rings. The second-order valence-electron chi connectivity index (χ2n) is 8.81. The van der Waals surface area contributed by atoms with Crippen molar-refractivity contribution in [1.82, 2.24) is 9.80 Å². The Hall–Kier alpha value is -2.93. The van der Waals surface area contributed by atoms with Gasteiger partial charge in [0.2, 0.25) is 11.8 Å². The first-order valence-corrected chi connectivity index (χ1v) is 11.2. The fraction of sp³-hybridized carbons (Fsp3) is 0.375. The van der Waals surface area contributed by atoms with E-state index in [4.69, 9.17) is 11.6 Å². The minimum absolute atomic E-state index is 0.000490. The van der Waals surface area contributed by atoms with Crippen molar-refractivity contribution in [2.45, 2.75) is 50.9 Å². The lowest BCUT2D eigenvalue weighted by Crippen LogP contribution is -2.64. The zero-order valence-corrected chi connectivity index (χ0v) is 18.4. The summed E-state index contributed by atoms with van der Waals surface area (Å²) in [5.74, 6) is -1.08.